The van der Waals surface area contributed by atoms with Crippen molar-refractivity contribution in [1.82, 2.24) is 0 Å². The third-order valence-corrected chi connectivity index (χ3v) is 4.25. The number of rotatable bonds is 14. The van der Waals surface area contributed by atoms with Crippen molar-refractivity contribution >= 4 is 30.9 Å². The van der Waals surface area contributed by atoms with Gasteiger partial charge in [0.2, 0.25) is 0 Å². The van der Waals surface area contributed by atoms with Crippen molar-refractivity contribution in [3.8, 4) is 0 Å². The van der Waals surface area contributed by atoms with E-state index < -0.39 is 0 Å². The fourth-order valence-corrected chi connectivity index (χ4v) is 2.91. The van der Waals surface area contributed by atoms with Crippen LogP contribution in [0.1, 0.15) is 66.5 Å². The van der Waals surface area contributed by atoms with Crippen LogP contribution in [0.4, 0.5) is 5.69 Å². The minimum Gasteiger partial charge on any atom is -0.382 e. The van der Waals surface area contributed by atoms with Crippen molar-refractivity contribution in [2.24, 2.45) is 0 Å². The topological polar surface area (TPSA) is 30.9 Å². The monoisotopic (exact) mass is 491 g/mol. The maximum Gasteiger partial charge on any atom is 0.0701 e. The summed E-state index contributed by atoms with van der Waals surface area (Å²) in [4.78, 5) is 2.39. The van der Waals surface area contributed by atoms with E-state index in [2.05, 4.69) is 63.4 Å². The van der Waals surface area contributed by atoms with Crippen LogP contribution >= 0.6 is 25.3 Å². The lowest BCUT2D eigenvalue weighted by molar-refractivity contribution is 0.0264. The van der Waals surface area contributed by atoms with Crippen LogP contribution in [0.15, 0.2) is 18.2 Å². The Hall–Kier alpha value is -0.400. The highest BCUT2D eigenvalue weighted by Gasteiger charge is 2.18. The Balaban J connectivity index is -0.00000129. The summed E-state index contributed by atoms with van der Waals surface area (Å²) < 4.78 is 16.1. The van der Waals surface area contributed by atoms with Gasteiger partial charge >= 0.3 is 0 Å². The van der Waals surface area contributed by atoms with Gasteiger partial charge in [-0.1, -0.05) is 47.6 Å². The molecule has 6 heteroatoms. The van der Waals surface area contributed by atoms with Gasteiger partial charge in [0.25, 0.3) is 0 Å². The van der Waals surface area contributed by atoms with Crippen molar-refractivity contribution in [3.05, 3.63) is 29.3 Å². The van der Waals surface area contributed by atoms with Gasteiger partial charge in [-0.05, 0) is 56.2 Å². The van der Waals surface area contributed by atoms with Gasteiger partial charge in [0.05, 0.1) is 33.0 Å². The van der Waals surface area contributed by atoms with Gasteiger partial charge in [0.15, 0.2) is 0 Å². The highest BCUT2D eigenvalue weighted by Crippen LogP contribution is 2.24. The first-order valence-electron chi connectivity index (χ1n) is 12.1. The van der Waals surface area contributed by atoms with Gasteiger partial charge in [-0.2, -0.15) is 25.3 Å². The normalized spacial score (nSPS) is 10.1. The van der Waals surface area contributed by atoms with Gasteiger partial charge in [-0.25, -0.2) is 0 Å². The number of hydrogen-bond donors (Lipinski definition) is 2. The first kappa shape index (κ1) is 36.2. The third-order valence-electron chi connectivity index (χ3n) is 4.11. The third kappa shape index (κ3) is 20.2. The Morgan fingerprint density at radius 1 is 0.781 bits per heavy atom. The van der Waals surface area contributed by atoms with Gasteiger partial charge in [0, 0.05) is 30.6 Å². The number of ether oxygens (including phenoxy) is 3. The SMILES string of the molecule is CC.CC.CCc1cc(CC)cc(N(CCOCCOCCOC)CC(C)(C)S)c1.CS. The van der Waals surface area contributed by atoms with Crippen LogP contribution < -0.4 is 4.90 Å². The van der Waals surface area contributed by atoms with Gasteiger partial charge in [-0.15, -0.1) is 0 Å². The Morgan fingerprint density at radius 3 is 1.62 bits per heavy atom. The molecule has 0 atom stereocenters. The number of thiol groups is 2. The lowest BCUT2D eigenvalue weighted by atomic mass is 10.0. The lowest BCUT2D eigenvalue weighted by Gasteiger charge is -2.32. The smallest absolute Gasteiger partial charge is 0.0701 e. The summed E-state index contributed by atoms with van der Waals surface area (Å²) in [6.45, 7) is 21.6. The van der Waals surface area contributed by atoms with E-state index in [1.165, 1.54) is 16.8 Å². The van der Waals surface area contributed by atoms with Gasteiger partial charge in [0.1, 0.15) is 0 Å². The average Bonchev–Trinajstić information content (AvgIpc) is 2.82. The van der Waals surface area contributed by atoms with Crippen molar-refractivity contribution in [1.29, 1.82) is 0 Å². The van der Waals surface area contributed by atoms with E-state index in [-0.39, 0.29) is 4.75 Å². The highest BCUT2D eigenvalue weighted by atomic mass is 32.1. The quantitative estimate of drug-likeness (QED) is 0.227. The van der Waals surface area contributed by atoms with E-state index in [9.17, 15) is 0 Å². The molecule has 0 radical (unpaired) electrons. The molecule has 0 saturated heterocycles. The van der Waals surface area contributed by atoms with Crippen LogP contribution in [0.25, 0.3) is 0 Å². The van der Waals surface area contributed by atoms with Crippen molar-refractivity contribution in [2.45, 2.75) is 73.0 Å². The maximum absolute atomic E-state index is 5.76. The van der Waals surface area contributed by atoms with Crippen LogP contribution in [-0.2, 0) is 27.1 Å². The fraction of sp³-hybridized carbons (Fsp3) is 0.769. The molecule has 0 spiro atoms. The summed E-state index contributed by atoms with van der Waals surface area (Å²) in [6.07, 6.45) is 3.79. The molecule has 1 rings (SSSR count). The van der Waals surface area contributed by atoms with Crippen molar-refractivity contribution in [2.75, 3.05) is 64.4 Å². The Labute approximate surface area is 211 Å². The zero-order chi connectivity index (χ0) is 25.4. The molecule has 0 aliphatic heterocycles. The van der Waals surface area contributed by atoms with Crippen LogP contribution in [0, 0.1) is 0 Å². The van der Waals surface area contributed by atoms with Crippen LogP contribution in [0.2, 0.25) is 0 Å². The molecule has 0 amide bonds. The maximum atomic E-state index is 5.76. The summed E-state index contributed by atoms with van der Waals surface area (Å²) in [6, 6.07) is 6.90. The van der Waals surface area contributed by atoms with Crippen LogP contribution in [0.3, 0.4) is 0 Å². The summed E-state index contributed by atoms with van der Waals surface area (Å²) in [7, 11) is 1.68. The van der Waals surface area contributed by atoms with E-state index in [4.69, 9.17) is 26.8 Å². The largest absolute Gasteiger partial charge is 0.382 e. The molecule has 0 aliphatic rings. The number of nitrogens with zero attached hydrogens (tertiary/aromatic N) is 1. The summed E-state index contributed by atoms with van der Waals surface area (Å²) in [5.74, 6) is 0. The molecule has 0 saturated carbocycles. The molecule has 0 heterocycles. The fourth-order valence-electron chi connectivity index (χ4n) is 2.74. The predicted octanol–water partition coefficient (Wildman–Crippen LogP) is 6.60. The predicted molar refractivity (Wildman–Crippen MR) is 152 cm³/mol. The minimum atomic E-state index is -0.0716. The van der Waals surface area contributed by atoms with E-state index in [1.54, 1.807) is 13.4 Å². The molecule has 1 aromatic carbocycles. The van der Waals surface area contributed by atoms with Crippen LogP contribution in [0.5, 0.6) is 0 Å². The molecular formula is C26H53NO3S2. The number of aryl methyl sites for hydroxylation is 2. The lowest BCUT2D eigenvalue weighted by Crippen LogP contribution is -2.37. The average molecular weight is 492 g/mol. The van der Waals surface area contributed by atoms with E-state index in [0.29, 0.717) is 33.0 Å². The number of hydrogen-bond acceptors (Lipinski definition) is 6. The Kier molecular flexibility index (Phi) is 28.5. The standard InChI is InChI=1S/C21H37NO3S.2C2H6.CH4S/c1-6-18-14-19(7-2)16-20(15-18)22(17-21(3,4)26)8-9-24-12-13-25-11-10-23-5;3*1-2/h14-16,26H,6-13,17H2,1-5H3;2*1-2H3;2H,1H3. The molecule has 0 N–H and O–H groups in total. The second kappa shape index (κ2) is 25.2. The molecular weight excluding hydrogens is 438 g/mol. The number of methoxy groups -OCH3 is 1. The van der Waals surface area contributed by atoms with Crippen molar-refractivity contribution in [3.63, 3.8) is 0 Å². The summed E-state index contributed by atoms with van der Waals surface area (Å²) in [5.41, 5.74) is 4.03. The molecule has 192 valence electrons. The second-order valence-electron chi connectivity index (χ2n) is 7.17. The van der Waals surface area contributed by atoms with Gasteiger partial charge < -0.3 is 19.1 Å². The first-order valence-corrected chi connectivity index (χ1v) is 13.4. The molecule has 0 unspecified atom stereocenters. The molecule has 1 aromatic rings. The Morgan fingerprint density at radius 2 is 1.22 bits per heavy atom. The van der Waals surface area contributed by atoms with E-state index in [0.717, 1.165) is 25.9 Å². The first-order chi connectivity index (χ1) is 15.4. The van der Waals surface area contributed by atoms with E-state index >= 15 is 0 Å². The number of anilines is 1. The molecule has 4 nitrogen and oxygen atoms in total. The second-order valence-corrected chi connectivity index (χ2v) is 8.38. The van der Waals surface area contributed by atoms with Gasteiger partial charge in [-0.3, -0.25) is 0 Å². The zero-order valence-electron chi connectivity index (χ0n) is 22.7. The Bertz CT molecular complexity index is 486. The number of benzene rings is 1. The van der Waals surface area contributed by atoms with E-state index in [1.807, 2.05) is 27.7 Å². The molecule has 0 aliphatic carbocycles. The molecule has 0 fully saturated rings. The zero-order valence-corrected chi connectivity index (χ0v) is 24.5. The molecule has 32 heavy (non-hydrogen) atoms. The molecule has 0 aromatic heterocycles. The summed E-state index contributed by atoms with van der Waals surface area (Å²) >= 11 is 8.27. The minimum absolute atomic E-state index is 0.0716. The molecule has 0 bridgehead atoms. The van der Waals surface area contributed by atoms with Crippen molar-refractivity contribution < 1.29 is 14.2 Å². The van der Waals surface area contributed by atoms with Crippen LogP contribution in [-0.4, -0.2) is 64.2 Å². The highest BCUT2D eigenvalue weighted by molar-refractivity contribution is 7.81. The summed E-state index contributed by atoms with van der Waals surface area (Å²) in [5, 5.41) is 0.